The first-order valence-electron chi connectivity index (χ1n) is 5.35. The van der Waals surface area contributed by atoms with E-state index in [-0.39, 0.29) is 5.91 Å². The van der Waals surface area contributed by atoms with Gasteiger partial charge in [-0.1, -0.05) is 19.1 Å². The smallest absolute Gasteiger partial charge is 0.269 e. The second-order valence-electron chi connectivity index (χ2n) is 3.42. The first kappa shape index (κ1) is 12.4. The van der Waals surface area contributed by atoms with Gasteiger partial charge in [0.25, 0.3) is 5.91 Å². The maximum absolute atomic E-state index is 11.7. The molecule has 0 bridgehead atoms. The summed E-state index contributed by atoms with van der Waals surface area (Å²) in [7, 11) is 1.77. The fraction of sp³-hybridized carbons (Fsp3) is 0.455. The lowest BCUT2D eigenvalue weighted by molar-refractivity contribution is 0.0948. The van der Waals surface area contributed by atoms with E-state index in [0.717, 1.165) is 12.1 Å². The van der Waals surface area contributed by atoms with Gasteiger partial charge in [0.15, 0.2) is 0 Å². The quantitative estimate of drug-likeness (QED) is 0.700. The molecule has 0 atom stereocenters. The largest absolute Gasteiger partial charge is 0.347 e. The Morgan fingerprint density at radius 1 is 1.62 bits per heavy atom. The van der Waals surface area contributed by atoms with Crippen molar-refractivity contribution in [3.63, 3.8) is 0 Å². The summed E-state index contributed by atoms with van der Waals surface area (Å²) in [5, 5.41) is 6.98. The van der Waals surface area contributed by atoms with E-state index in [2.05, 4.69) is 10.4 Å². The first-order valence-corrected chi connectivity index (χ1v) is 5.35. The van der Waals surface area contributed by atoms with Gasteiger partial charge in [0.1, 0.15) is 5.69 Å². The monoisotopic (exact) mass is 222 g/mol. The highest BCUT2D eigenvalue weighted by atomic mass is 16.2. The summed E-state index contributed by atoms with van der Waals surface area (Å²) < 4.78 is 1.60. The van der Waals surface area contributed by atoms with Crippen LogP contribution < -0.4 is 11.1 Å². The molecule has 1 heterocycles. The predicted molar refractivity (Wildman–Crippen MR) is 63.1 cm³/mol. The second-order valence-corrected chi connectivity index (χ2v) is 3.42. The molecule has 5 heteroatoms. The highest BCUT2D eigenvalue weighted by Crippen LogP contribution is 2.03. The molecule has 1 rings (SSSR count). The van der Waals surface area contributed by atoms with Crippen LogP contribution in [0.4, 0.5) is 0 Å². The van der Waals surface area contributed by atoms with E-state index in [4.69, 9.17) is 5.73 Å². The molecule has 5 nitrogen and oxygen atoms in total. The number of rotatable bonds is 5. The summed E-state index contributed by atoms with van der Waals surface area (Å²) in [5.74, 6) is -0.114. The minimum atomic E-state index is -0.114. The number of hydrogen-bond acceptors (Lipinski definition) is 3. The molecule has 0 saturated carbocycles. The Hall–Kier alpha value is -1.62. The van der Waals surface area contributed by atoms with E-state index in [1.165, 1.54) is 0 Å². The van der Waals surface area contributed by atoms with Crippen molar-refractivity contribution in [1.82, 2.24) is 15.1 Å². The van der Waals surface area contributed by atoms with Crippen molar-refractivity contribution in [1.29, 1.82) is 0 Å². The van der Waals surface area contributed by atoms with Crippen LogP contribution in [0.25, 0.3) is 0 Å². The van der Waals surface area contributed by atoms with E-state index in [1.54, 1.807) is 17.8 Å². The number of aryl methyl sites for hydroxylation is 2. The number of carbonyl (C=O) groups is 1. The highest BCUT2D eigenvalue weighted by molar-refractivity contribution is 5.92. The molecular weight excluding hydrogens is 204 g/mol. The minimum absolute atomic E-state index is 0.114. The number of carbonyl (C=O) groups excluding carboxylic acids is 1. The molecule has 1 aromatic heterocycles. The van der Waals surface area contributed by atoms with Crippen molar-refractivity contribution in [3.8, 4) is 0 Å². The standard InChI is InChI=1S/C11H18N4O/c1-3-9-8-10(15(2)14-9)11(16)13-7-5-4-6-12/h4-5,8H,3,6-7,12H2,1-2H3,(H,13,16)/b5-4+. The van der Waals surface area contributed by atoms with Gasteiger partial charge >= 0.3 is 0 Å². The van der Waals surface area contributed by atoms with E-state index < -0.39 is 0 Å². The van der Waals surface area contributed by atoms with Crippen molar-refractivity contribution < 1.29 is 4.79 Å². The van der Waals surface area contributed by atoms with Gasteiger partial charge < -0.3 is 11.1 Å². The lowest BCUT2D eigenvalue weighted by Gasteiger charge is -2.01. The first-order chi connectivity index (χ1) is 7.69. The predicted octanol–water partition coefficient (Wildman–Crippen LogP) is 0.227. The Kier molecular flexibility index (Phi) is 4.72. The summed E-state index contributed by atoms with van der Waals surface area (Å²) in [4.78, 5) is 11.7. The summed E-state index contributed by atoms with van der Waals surface area (Å²) >= 11 is 0. The SMILES string of the molecule is CCc1cc(C(=O)NC/C=C/CN)n(C)n1. The number of amides is 1. The van der Waals surface area contributed by atoms with Crippen LogP contribution in [0.5, 0.6) is 0 Å². The average molecular weight is 222 g/mol. The Bertz CT molecular complexity index is 381. The lowest BCUT2D eigenvalue weighted by atomic mass is 10.3. The van der Waals surface area contributed by atoms with E-state index >= 15 is 0 Å². The number of hydrogen-bond donors (Lipinski definition) is 2. The summed E-state index contributed by atoms with van der Waals surface area (Å²) in [6.07, 6.45) is 4.46. The molecule has 0 aliphatic rings. The highest BCUT2D eigenvalue weighted by Gasteiger charge is 2.10. The maximum atomic E-state index is 11.7. The molecule has 0 aliphatic carbocycles. The lowest BCUT2D eigenvalue weighted by Crippen LogP contribution is -2.25. The van der Waals surface area contributed by atoms with Crippen LogP contribution in [0.2, 0.25) is 0 Å². The van der Waals surface area contributed by atoms with Crippen LogP contribution in [-0.2, 0) is 13.5 Å². The Morgan fingerprint density at radius 3 is 2.94 bits per heavy atom. The van der Waals surface area contributed by atoms with Crippen LogP contribution in [0.15, 0.2) is 18.2 Å². The van der Waals surface area contributed by atoms with Gasteiger partial charge in [0, 0.05) is 20.1 Å². The molecule has 0 aromatic carbocycles. The van der Waals surface area contributed by atoms with Crippen LogP contribution in [0.3, 0.4) is 0 Å². The van der Waals surface area contributed by atoms with Crippen LogP contribution in [0.1, 0.15) is 23.1 Å². The second kappa shape index (κ2) is 6.07. The zero-order chi connectivity index (χ0) is 12.0. The molecule has 16 heavy (non-hydrogen) atoms. The van der Waals surface area contributed by atoms with Gasteiger partial charge in [-0.05, 0) is 12.5 Å². The molecule has 0 fully saturated rings. The van der Waals surface area contributed by atoms with Crippen LogP contribution in [-0.4, -0.2) is 28.8 Å². The van der Waals surface area contributed by atoms with Gasteiger partial charge in [-0.15, -0.1) is 0 Å². The van der Waals surface area contributed by atoms with Gasteiger partial charge in [-0.2, -0.15) is 5.10 Å². The molecule has 0 unspecified atom stereocenters. The Balaban J connectivity index is 2.58. The third-order valence-corrected chi connectivity index (χ3v) is 2.21. The van der Waals surface area contributed by atoms with Gasteiger partial charge in [-0.3, -0.25) is 9.48 Å². The molecule has 0 aliphatic heterocycles. The third-order valence-electron chi connectivity index (χ3n) is 2.21. The normalized spacial score (nSPS) is 10.9. The fourth-order valence-electron chi connectivity index (χ4n) is 1.33. The zero-order valence-corrected chi connectivity index (χ0v) is 9.73. The number of nitrogens with one attached hydrogen (secondary N) is 1. The van der Waals surface area contributed by atoms with E-state index in [1.807, 2.05) is 19.1 Å². The molecule has 0 radical (unpaired) electrons. The zero-order valence-electron chi connectivity index (χ0n) is 9.73. The van der Waals surface area contributed by atoms with Crippen LogP contribution in [0, 0.1) is 0 Å². The van der Waals surface area contributed by atoms with E-state index in [9.17, 15) is 4.79 Å². The van der Waals surface area contributed by atoms with Gasteiger partial charge in [-0.25, -0.2) is 0 Å². The Morgan fingerprint density at radius 2 is 2.38 bits per heavy atom. The summed E-state index contributed by atoms with van der Waals surface area (Å²) in [6, 6.07) is 1.81. The molecule has 0 saturated heterocycles. The number of nitrogens with two attached hydrogens (primary N) is 1. The molecule has 3 N–H and O–H groups in total. The summed E-state index contributed by atoms with van der Waals surface area (Å²) in [6.45, 7) is 2.98. The third kappa shape index (κ3) is 3.20. The molecule has 0 spiro atoms. The minimum Gasteiger partial charge on any atom is -0.347 e. The number of nitrogens with zero attached hydrogens (tertiary/aromatic N) is 2. The molecule has 1 amide bonds. The van der Waals surface area contributed by atoms with Crippen molar-refractivity contribution in [2.45, 2.75) is 13.3 Å². The molecule has 88 valence electrons. The van der Waals surface area contributed by atoms with Crippen molar-refractivity contribution in [2.24, 2.45) is 12.8 Å². The van der Waals surface area contributed by atoms with Gasteiger partial charge in [0.2, 0.25) is 0 Å². The topological polar surface area (TPSA) is 72.9 Å². The Labute approximate surface area is 95.3 Å². The van der Waals surface area contributed by atoms with Crippen LogP contribution >= 0.6 is 0 Å². The molecule has 1 aromatic rings. The van der Waals surface area contributed by atoms with E-state index in [0.29, 0.717) is 18.8 Å². The molecular formula is C11H18N4O. The van der Waals surface area contributed by atoms with Crippen molar-refractivity contribution in [3.05, 3.63) is 29.6 Å². The van der Waals surface area contributed by atoms with Crippen molar-refractivity contribution >= 4 is 5.91 Å². The average Bonchev–Trinajstić information content (AvgIpc) is 2.66. The fourth-order valence-corrected chi connectivity index (χ4v) is 1.33. The van der Waals surface area contributed by atoms with Crippen molar-refractivity contribution in [2.75, 3.05) is 13.1 Å². The number of aromatic nitrogens is 2. The maximum Gasteiger partial charge on any atom is 0.269 e. The van der Waals surface area contributed by atoms with Gasteiger partial charge in [0.05, 0.1) is 5.69 Å². The summed E-state index contributed by atoms with van der Waals surface area (Å²) in [5.41, 5.74) is 6.79.